The molecular weight excluding hydrogens is 472 g/mol. The molecule has 0 fully saturated rings. The zero-order valence-electron chi connectivity index (χ0n) is 18.1. The Morgan fingerprint density at radius 3 is 2.30 bits per heavy atom. The summed E-state index contributed by atoms with van der Waals surface area (Å²) in [7, 11) is 0. The maximum atomic E-state index is 14.4. The Morgan fingerprint density at radius 2 is 1.73 bits per heavy atom. The number of amides is 2. The normalized spacial score (nSPS) is 12.1. The van der Waals surface area contributed by atoms with Crippen LogP contribution in [0.25, 0.3) is 0 Å². The molecule has 13 heteroatoms. The third-order valence-corrected chi connectivity index (χ3v) is 5.16. The molecule has 2 amide bonds. The zero-order valence-corrected chi connectivity index (χ0v) is 19.0. The largest absolute Gasteiger partial charge is 0.466 e. The van der Waals surface area contributed by atoms with Crippen LogP contribution in [0.4, 0.5) is 22.4 Å². The lowest BCUT2D eigenvalue weighted by molar-refractivity contribution is -0.146. The number of esters is 1. The second-order valence-corrected chi connectivity index (χ2v) is 7.60. The molecule has 0 aliphatic heterocycles. The molecule has 0 aliphatic rings. The van der Waals surface area contributed by atoms with Crippen LogP contribution in [0.1, 0.15) is 31.4 Å². The Labute approximate surface area is 191 Å². The highest BCUT2D eigenvalue weighted by Crippen LogP contribution is 2.31. The van der Waals surface area contributed by atoms with Crippen LogP contribution in [0.3, 0.4) is 0 Å². The number of carbonyl (C=O) groups excluding carboxylic acids is 4. The number of rotatable bonds is 11. The Morgan fingerprint density at radius 1 is 1.09 bits per heavy atom. The summed E-state index contributed by atoms with van der Waals surface area (Å²) in [6, 6.07) is 0.444. The highest BCUT2D eigenvalue weighted by Gasteiger charge is 2.30. The quantitative estimate of drug-likeness (QED) is 0.208. The monoisotopic (exact) mass is 496 g/mol. The van der Waals surface area contributed by atoms with Crippen molar-refractivity contribution in [3.8, 4) is 0 Å². The number of thioether (sulfide) groups is 1. The minimum atomic E-state index is -4.43. The highest BCUT2D eigenvalue weighted by molar-refractivity contribution is 7.99. The molecule has 1 aromatic carbocycles. The fourth-order valence-electron chi connectivity index (χ4n) is 2.51. The first-order valence-electron chi connectivity index (χ1n) is 9.75. The molecule has 1 atom stereocenters. The number of hydrogen-bond donors (Lipinski definition) is 2. The Balaban J connectivity index is 3.04. The summed E-state index contributed by atoms with van der Waals surface area (Å²) in [4.78, 5) is 48.1. The predicted molar refractivity (Wildman–Crippen MR) is 110 cm³/mol. The van der Waals surface area contributed by atoms with Gasteiger partial charge in [0, 0.05) is 17.0 Å². The van der Waals surface area contributed by atoms with Gasteiger partial charge in [-0.1, -0.05) is 0 Å². The molecule has 0 aliphatic carbocycles. The zero-order chi connectivity index (χ0) is 25.2. The van der Waals surface area contributed by atoms with Gasteiger partial charge in [-0.15, -0.1) is 11.8 Å². The van der Waals surface area contributed by atoms with Crippen molar-refractivity contribution in [2.75, 3.05) is 19.0 Å². The number of Topliss-reactive ketones (excluding diaryl/α,β-unsaturated/α-hetero) is 1. The Bertz CT molecular complexity index is 847. The summed E-state index contributed by atoms with van der Waals surface area (Å²) in [6.07, 6.45) is -6.37. The van der Waals surface area contributed by atoms with Crippen molar-refractivity contribution in [1.29, 1.82) is 0 Å². The predicted octanol–water partition coefficient (Wildman–Crippen LogP) is 3.04. The number of alkyl carbamates (subject to hydrolysis) is 1. The average Bonchev–Trinajstić information content (AvgIpc) is 2.68. The van der Waals surface area contributed by atoms with E-state index in [0.717, 1.165) is 6.07 Å². The number of carbonyl (C=O) groups is 4. The van der Waals surface area contributed by atoms with Crippen LogP contribution in [0.2, 0.25) is 0 Å². The van der Waals surface area contributed by atoms with Gasteiger partial charge in [0.2, 0.25) is 0 Å². The van der Waals surface area contributed by atoms with Gasteiger partial charge >= 0.3 is 18.2 Å². The van der Waals surface area contributed by atoms with E-state index in [0.29, 0.717) is 11.8 Å². The van der Waals surface area contributed by atoms with Crippen molar-refractivity contribution < 1.29 is 46.2 Å². The molecule has 0 heterocycles. The molecule has 0 radical (unpaired) electrons. The summed E-state index contributed by atoms with van der Waals surface area (Å²) in [5, 5.41) is 4.26. The maximum absolute atomic E-state index is 14.4. The Hall–Kier alpha value is -2.67. The van der Waals surface area contributed by atoms with Crippen molar-refractivity contribution in [2.45, 2.75) is 50.9 Å². The van der Waals surface area contributed by atoms with Crippen molar-refractivity contribution in [3.63, 3.8) is 0 Å². The number of nitrogens with one attached hydrogen (secondary N) is 2. The van der Waals surface area contributed by atoms with E-state index >= 15 is 0 Å². The Kier molecular flexibility index (Phi) is 11.3. The van der Waals surface area contributed by atoms with Crippen molar-refractivity contribution in [2.24, 2.45) is 0 Å². The number of imide groups is 1. The molecule has 1 aromatic rings. The van der Waals surface area contributed by atoms with Gasteiger partial charge in [-0.05, 0) is 38.5 Å². The SMILES string of the molecule is CCOC(=O)CC(=O)C(NCc1cc(SCC(F)(F)F)c(C)cc1F)C(=O)NC(=O)OCC. The van der Waals surface area contributed by atoms with E-state index in [9.17, 15) is 36.7 Å². The molecule has 0 aromatic heterocycles. The van der Waals surface area contributed by atoms with Crippen molar-refractivity contribution in [3.05, 3.63) is 29.1 Å². The van der Waals surface area contributed by atoms with Crippen molar-refractivity contribution >= 4 is 35.5 Å². The lowest BCUT2D eigenvalue weighted by atomic mass is 10.1. The summed E-state index contributed by atoms with van der Waals surface area (Å²) < 4.78 is 61.2. The van der Waals surface area contributed by atoms with Gasteiger partial charge in [-0.3, -0.25) is 25.0 Å². The van der Waals surface area contributed by atoms with Crippen LogP contribution in [0, 0.1) is 12.7 Å². The molecular formula is C20H24F4N2O6S. The fourth-order valence-corrected chi connectivity index (χ4v) is 3.34. The van der Waals surface area contributed by atoms with Crippen LogP contribution in [-0.4, -0.2) is 54.9 Å². The standard InChI is InChI=1S/C20H24F4N2O6S/c1-4-31-16(28)8-14(27)17(18(29)26-19(30)32-5-2)25-9-12-7-15(11(3)6-13(12)21)33-10-20(22,23)24/h6-7,17,25H,4-5,8-10H2,1-3H3,(H,26,29,30). The second-order valence-electron chi connectivity index (χ2n) is 6.58. The molecule has 2 N–H and O–H groups in total. The topological polar surface area (TPSA) is 111 Å². The molecule has 0 spiro atoms. The van der Waals surface area contributed by atoms with Crippen molar-refractivity contribution in [1.82, 2.24) is 10.6 Å². The maximum Gasteiger partial charge on any atom is 0.413 e. The highest BCUT2D eigenvalue weighted by atomic mass is 32.2. The third-order valence-electron chi connectivity index (χ3n) is 3.94. The number of halogens is 4. The summed E-state index contributed by atoms with van der Waals surface area (Å²) in [6.45, 7) is 3.92. The fraction of sp³-hybridized carbons (Fsp3) is 0.500. The number of benzene rings is 1. The van der Waals surface area contributed by atoms with E-state index in [1.54, 1.807) is 0 Å². The lowest BCUT2D eigenvalue weighted by Crippen LogP contribution is -2.51. The van der Waals surface area contributed by atoms with Gasteiger partial charge in [0.25, 0.3) is 5.91 Å². The van der Waals surface area contributed by atoms with Gasteiger partial charge in [0.15, 0.2) is 5.78 Å². The molecule has 1 unspecified atom stereocenters. The van der Waals surface area contributed by atoms with Gasteiger partial charge in [-0.2, -0.15) is 13.2 Å². The van der Waals surface area contributed by atoms with E-state index in [4.69, 9.17) is 0 Å². The number of hydrogen-bond acceptors (Lipinski definition) is 8. The van der Waals surface area contributed by atoms with E-state index < -0.39 is 60.5 Å². The second kappa shape index (κ2) is 13.1. The average molecular weight is 496 g/mol. The first-order valence-corrected chi connectivity index (χ1v) is 10.7. The number of aryl methyl sites for hydroxylation is 1. The van der Waals surface area contributed by atoms with E-state index in [1.165, 1.54) is 26.8 Å². The number of ether oxygens (including phenoxy) is 2. The molecule has 0 saturated heterocycles. The van der Waals surface area contributed by atoms with Gasteiger partial charge in [-0.25, -0.2) is 9.18 Å². The van der Waals surface area contributed by atoms with E-state index in [1.807, 2.05) is 5.32 Å². The first kappa shape index (κ1) is 28.4. The van der Waals surface area contributed by atoms with Gasteiger partial charge in [0.1, 0.15) is 18.3 Å². The molecule has 1 rings (SSSR count). The minimum absolute atomic E-state index is 0.00776. The van der Waals surface area contributed by atoms with Crippen LogP contribution in [-0.2, 0) is 30.4 Å². The van der Waals surface area contributed by atoms with Crippen LogP contribution in [0.5, 0.6) is 0 Å². The minimum Gasteiger partial charge on any atom is -0.466 e. The van der Waals surface area contributed by atoms with Gasteiger partial charge in [0.05, 0.1) is 19.0 Å². The van der Waals surface area contributed by atoms with Crippen LogP contribution >= 0.6 is 11.8 Å². The molecule has 0 saturated carbocycles. The molecule has 8 nitrogen and oxygen atoms in total. The van der Waals surface area contributed by atoms with Crippen LogP contribution in [0.15, 0.2) is 17.0 Å². The number of alkyl halides is 3. The first-order chi connectivity index (χ1) is 15.4. The summed E-state index contributed by atoms with van der Waals surface area (Å²) in [5.74, 6) is -4.99. The van der Waals surface area contributed by atoms with Crippen LogP contribution < -0.4 is 10.6 Å². The molecule has 33 heavy (non-hydrogen) atoms. The summed E-state index contributed by atoms with van der Waals surface area (Å²) >= 11 is 0.463. The smallest absolute Gasteiger partial charge is 0.413 e. The molecule has 0 bridgehead atoms. The molecule has 184 valence electrons. The van der Waals surface area contributed by atoms with E-state index in [2.05, 4.69) is 14.8 Å². The third kappa shape index (κ3) is 10.2. The summed E-state index contributed by atoms with van der Waals surface area (Å²) in [5.41, 5.74) is 0.156. The number of ketones is 1. The lowest BCUT2D eigenvalue weighted by Gasteiger charge is -2.18. The van der Waals surface area contributed by atoms with E-state index in [-0.39, 0.29) is 29.2 Å². The van der Waals surface area contributed by atoms with Gasteiger partial charge < -0.3 is 9.47 Å².